The highest BCUT2D eigenvalue weighted by Crippen LogP contribution is 2.17. The van der Waals surface area contributed by atoms with Crippen LogP contribution in [-0.4, -0.2) is 17.0 Å². The van der Waals surface area contributed by atoms with Gasteiger partial charge in [0.15, 0.2) is 0 Å². The van der Waals surface area contributed by atoms with E-state index in [4.69, 9.17) is 0 Å². The van der Waals surface area contributed by atoms with Crippen molar-refractivity contribution in [2.75, 3.05) is 12.4 Å². The molecule has 0 unspecified atom stereocenters. The van der Waals surface area contributed by atoms with Gasteiger partial charge >= 0.3 is 0 Å². The molecule has 0 aromatic carbocycles. The van der Waals surface area contributed by atoms with Crippen LogP contribution in [0.5, 0.6) is 0 Å². The van der Waals surface area contributed by atoms with Crippen molar-refractivity contribution < 1.29 is 0 Å². The minimum absolute atomic E-state index is 0.836. The van der Waals surface area contributed by atoms with Crippen LogP contribution in [0.15, 0.2) is 42.8 Å². The third-order valence-corrected chi connectivity index (χ3v) is 2.20. The lowest BCUT2D eigenvalue weighted by Crippen LogP contribution is -1.95. The van der Waals surface area contributed by atoms with E-state index in [2.05, 4.69) is 45.7 Å². The maximum Gasteiger partial charge on any atom is 0.129 e. The van der Waals surface area contributed by atoms with Gasteiger partial charge in [-0.1, -0.05) is 30.4 Å². The zero-order chi connectivity index (χ0) is 10.5. The summed E-state index contributed by atoms with van der Waals surface area (Å²) in [5, 5.41) is 3.00. The SMILES string of the molecule is CNc1cc(C2=CC=CCC=C2)ncn1. The van der Waals surface area contributed by atoms with E-state index in [1.54, 1.807) is 6.33 Å². The molecule has 0 atom stereocenters. The molecule has 15 heavy (non-hydrogen) atoms. The molecule has 1 aromatic rings. The summed E-state index contributed by atoms with van der Waals surface area (Å²) in [4.78, 5) is 8.33. The second kappa shape index (κ2) is 4.55. The first kappa shape index (κ1) is 9.65. The molecular formula is C12H13N3. The van der Waals surface area contributed by atoms with Crippen molar-refractivity contribution in [2.45, 2.75) is 6.42 Å². The maximum atomic E-state index is 4.25. The van der Waals surface area contributed by atoms with Crippen molar-refractivity contribution in [1.82, 2.24) is 9.97 Å². The van der Waals surface area contributed by atoms with Crippen LogP contribution >= 0.6 is 0 Å². The van der Waals surface area contributed by atoms with Gasteiger partial charge in [0.2, 0.25) is 0 Å². The van der Waals surface area contributed by atoms with E-state index in [-0.39, 0.29) is 0 Å². The van der Waals surface area contributed by atoms with Crippen LogP contribution in [0.1, 0.15) is 12.1 Å². The standard InChI is InChI=1S/C12H13N3/c1-13-12-8-11(14-9-15-12)10-6-4-2-3-5-7-10/h2,4-9H,3H2,1H3,(H,13,14,15). The van der Waals surface area contributed by atoms with Crippen molar-refractivity contribution in [2.24, 2.45) is 0 Å². The van der Waals surface area contributed by atoms with Crippen LogP contribution in [0.2, 0.25) is 0 Å². The molecule has 0 saturated heterocycles. The van der Waals surface area contributed by atoms with Crippen LogP contribution < -0.4 is 5.32 Å². The van der Waals surface area contributed by atoms with E-state index >= 15 is 0 Å². The summed E-state index contributed by atoms with van der Waals surface area (Å²) in [5.41, 5.74) is 2.06. The van der Waals surface area contributed by atoms with Crippen molar-refractivity contribution in [3.63, 3.8) is 0 Å². The number of hydrogen-bond donors (Lipinski definition) is 1. The highest BCUT2D eigenvalue weighted by Gasteiger charge is 2.01. The van der Waals surface area contributed by atoms with Crippen molar-refractivity contribution in [3.05, 3.63) is 48.5 Å². The predicted molar refractivity (Wildman–Crippen MR) is 62.5 cm³/mol. The fraction of sp³-hybridized carbons (Fsp3) is 0.167. The largest absolute Gasteiger partial charge is 0.373 e. The molecule has 0 saturated carbocycles. The zero-order valence-corrected chi connectivity index (χ0v) is 8.64. The molecular weight excluding hydrogens is 186 g/mol. The molecule has 3 nitrogen and oxygen atoms in total. The molecule has 1 aromatic heterocycles. The first-order chi connectivity index (χ1) is 7.40. The van der Waals surface area contributed by atoms with E-state index in [1.807, 2.05) is 13.1 Å². The summed E-state index contributed by atoms with van der Waals surface area (Å²) in [7, 11) is 1.85. The smallest absolute Gasteiger partial charge is 0.129 e. The van der Waals surface area contributed by atoms with Gasteiger partial charge in [-0.2, -0.15) is 0 Å². The summed E-state index contributed by atoms with van der Waals surface area (Å²) in [5.74, 6) is 0.836. The van der Waals surface area contributed by atoms with Crippen molar-refractivity contribution >= 4 is 11.4 Å². The quantitative estimate of drug-likeness (QED) is 0.794. The number of anilines is 1. The minimum Gasteiger partial charge on any atom is -0.373 e. The van der Waals surface area contributed by atoms with Gasteiger partial charge in [-0.3, -0.25) is 0 Å². The highest BCUT2D eigenvalue weighted by molar-refractivity contribution is 5.74. The molecule has 0 aliphatic heterocycles. The number of hydrogen-bond acceptors (Lipinski definition) is 3. The topological polar surface area (TPSA) is 37.8 Å². The Morgan fingerprint density at radius 2 is 2.20 bits per heavy atom. The second-order valence-corrected chi connectivity index (χ2v) is 3.23. The minimum atomic E-state index is 0.836. The van der Waals surface area contributed by atoms with Crippen LogP contribution in [0.4, 0.5) is 5.82 Å². The fourth-order valence-corrected chi connectivity index (χ4v) is 1.40. The highest BCUT2D eigenvalue weighted by atomic mass is 15.0. The van der Waals surface area contributed by atoms with E-state index in [1.165, 1.54) is 0 Å². The molecule has 2 rings (SSSR count). The summed E-state index contributed by atoms with van der Waals surface area (Å²) in [6.07, 6.45) is 13.0. The summed E-state index contributed by atoms with van der Waals surface area (Å²) in [6, 6.07) is 1.94. The molecule has 1 aliphatic carbocycles. The molecule has 1 N–H and O–H groups in total. The Bertz CT molecular complexity index is 430. The van der Waals surface area contributed by atoms with E-state index in [0.717, 1.165) is 23.5 Å². The molecule has 1 aliphatic rings. The summed E-state index contributed by atoms with van der Waals surface area (Å²) >= 11 is 0. The number of allylic oxidation sites excluding steroid dienone is 6. The monoisotopic (exact) mass is 199 g/mol. The first-order valence-corrected chi connectivity index (χ1v) is 4.93. The average molecular weight is 199 g/mol. The number of nitrogens with one attached hydrogen (secondary N) is 1. The number of aromatic nitrogens is 2. The third-order valence-electron chi connectivity index (χ3n) is 2.20. The van der Waals surface area contributed by atoms with Gasteiger partial charge in [-0.05, 0) is 12.0 Å². The summed E-state index contributed by atoms with van der Waals surface area (Å²) in [6.45, 7) is 0. The van der Waals surface area contributed by atoms with Crippen LogP contribution in [0.3, 0.4) is 0 Å². The lowest BCUT2D eigenvalue weighted by Gasteiger charge is -2.02. The third kappa shape index (κ3) is 2.31. The normalized spacial score (nSPS) is 14.6. The fourth-order valence-electron chi connectivity index (χ4n) is 1.40. The summed E-state index contributed by atoms with van der Waals surface area (Å²) < 4.78 is 0. The Hall–Kier alpha value is -1.90. The Morgan fingerprint density at radius 1 is 1.27 bits per heavy atom. The van der Waals surface area contributed by atoms with Gasteiger partial charge in [0.1, 0.15) is 12.1 Å². The molecule has 3 heteroatoms. The van der Waals surface area contributed by atoms with Crippen LogP contribution in [-0.2, 0) is 0 Å². The van der Waals surface area contributed by atoms with Gasteiger partial charge < -0.3 is 5.32 Å². The zero-order valence-electron chi connectivity index (χ0n) is 8.64. The van der Waals surface area contributed by atoms with E-state index in [9.17, 15) is 0 Å². The lowest BCUT2D eigenvalue weighted by molar-refractivity contribution is 1.14. The Balaban J connectivity index is 2.35. The van der Waals surface area contributed by atoms with Gasteiger partial charge in [0, 0.05) is 13.1 Å². The van der Waals surface area contributed by atoms with Crippen molar-refractivity contribution in [1.29, 1.82) is 0 Å². The number of nitrogens with zero attached hydrogens (tertiary/aromatic N) is 2. The first-order valence-electron chi connectivity index (χ1n) is 4.93. The number of rotatable bonds is 2. The van der Waals surface area contributed by atoms with Gasteiger partial charge in [-0.15, -0.1) is 0 Å². The Kier molecular flexibility index (Phi) is 2.93. The Morgan fingerprint density at radius 3 is 3.07 bits per heavy atom. The van der Waals surface area contributed by atoms with E-state index < -0.39 is 0 Å². The van der Waals surface area contributed by atoms with Crippen LogP contribution in [0, 0.1) is 0 Å². The Labute approximate surface area is 89.3 Å². The molecule has 0 radical (unpaired) electrons. The second-order valence-electron chi connectivity index (χ2n) is 3.23. The molecule has 76 valence electrons. The molecule has 0 amide bonds. The average Bonchev–Trinajstić information content (AvgIpc) is 2.58. The van der Waals surface area contributed by atoms with Gasteiger partial charge in [0.25, 0.3) is 0 Å². The molecule has 1 heterocycles. The maximum absolute atomic E-state index is 4.25. The van der Waals surface area contributed by atoms with E-state index in [0.29, 0.717) is 0 Å². The van der Waals surface area contributed by atoms with Crippen LogP contribution in [0.25, 0.3) is 5.57 Å². The van der Waals surface area contributed by atoms with Gasteiger partial charge in [-0.25, -0.2) is 9.97 Å². The molecule has 0 spiro atoms. The lowest BCUT2D eigenvalue weighted by atomic mass is 10.1. The molecule has 0 fully saturated rings. The van der Waals surface area contributed by atoms with Crippen molar-refractivity contribution in [3.8, 4) is 0 Å². The predicted octanol–water partition coefficient (Wildman–Crippen LogP) is 2.42. The molecule has 0 bridgehead atoms. The van der Waals surface area contributed by atoms with Gasteiger partial charge in [0.05, 0.1) is 5.69 Å².